The summed E-state index contributed by atoms with van der Waals surface area (Å²) in [5, 5.41) is 11.7. The number of methoxy groups -OCH3 is 1. The first-order valence-electron chi connectivity index (χ1n) is 13.1. The van der Waals surface area contributed by atoms with Gasteiger partial charge in [0, 0.05) is 50.2 Å². The molecule has 6 nitrogen and oxygen atoms in total. The zero-order valence-corrected chi connectivity index (χ0v) is 21.8. The predicted octanol–water partition coefficient (Wildman–Crippen LogP) is 5.25. The van der Waals surface area contributed by atoms with E-state index >= 15 is 0 Å². The summed E-state index contributed by atoms with van der Waals surface area (Å²) >= 11 is 0. The molecule has 2 N–H and O–H groups in total. The molecule has 2 aliphatic heterocycles. The molecule has 4 aromatic rings. The van der Waals surface area contributed by atoms with Crippen LogP contribution < -0.4 is 5.32 Å². The molecule has 38 heavy (non-hydrogen) atoms. The number of nitrogens with one attached hydrogen (secondary N) is 2. The molecule has 0 bridgehead atoms. The van der Waals surface area contributed by atoms with Gasteiger partial charge in [0.2, 0.25) is 5.91 Å². The van der Waals surface area contributed by atoms with Crippen molar-refractivity contribution in [3.8, 4) is 0 Å². The number of aromatic amines is 1. The third-order valence-corrected chi connectivity index (χ3v) is 7.67. The molecule has 192 valence electrons. The van der Waals surface area contributed by atoms with Gasteiger partial charge in [-0.05, 0) is 53.5 Å². The van der Waals surface area contributed by atoms with Gasteiger partial charge in [-0.25, -0.2) is 0 Å². The van der Waals surface area contributed by atoms with Gasteiger partial charge >= 0.3 is 0 Å². The Balaban J connectivity index is 1.15. The zero-order chi connectivity index (χ0) is 26.1. The summed E-state index contributed by atoms with van der Waals surface area (Å²) in [5.41, 5.74) is 7.20. The second-order valence-corrected chi connectivity index (χ2v) is 10.6. The van der Waals surface area contributed by atoms with Crippen molar-refractivity contribution in [2.24, 2.45) is 0 Å². The smallest absolute Gasteiger partial charge is 0.247 e. The van der Waals surface area contributed by atoms with E-state index in [1.54, 1.807) is 7.11 Å². The van der Waals surface area contributed by atoms with E-state index in [0.29, 0.717) is 6.54 Å². The quantitative estimate of drug-likeness (QED) is 0.337. The predicted molar refractivity (Wildman–Crippen MR) is 152 cm³/mol. The van der Waals surface area contributed by atoms with E-state index in [2.05, 4.69) is 88.0 Å². The highest BCUT2D eigenvalue weighted by atomic mass is 16.5. The van der Waals surface area contributed by atoms with Crippen molar-refractivity contribution in [1.82, 2.24) is 20.4 Å². The van der Waals surface area contributed by atoms with Crippen molar-refractivity contribution < 1.29 is 9.53 Å². The van der Waals surface area contributed by atoms with E-state index < -0.39 is 0 Å². The summed E-state index contributed by atoms with van der Waals surface area (Å²) in [5.74, 6) is 0.0547. The highest BCUT2D eigenvalue weighted by Crippen LogP contribution is 2.31. The van der Waals surface area contributed by atoms with E-state index in [9.17, 15) is 4.79 Å². The third-order valence-electron chi connectivity index (χ3n) is 7.67. The van der Waals surface area contributed by atoms with Crippen LogP contribution in [0.25, 0.3) is 29.1 Å². The molecule has 0 aliphatic carbocycles. The van der Waals surface area contributed by atoms with E-state index in [1.807, 2.05) is 30.4 Å². The number of hydrogen-bond acceptors (Lipinski definition) is 4. The number of H-pyrrole nitrogens is 1. The van der Waals surface area contributed by atoms with Crippen LogP contribution in [-0.4, -0.2) is 53.3 Å². The number of hydrogen-bond donors (Lipinski definition) is 2. The van der Waals surface area contributed by atoms with Gasteiger partial charge in [0.05, 0.1) is 16.8 Å². The molecule has 0 spiro atoms. The molecule has 6 rings (SSSR count). The molecular weight excluding hydrogens is 472 g/mol. The number of amides is 1. The summed E-state index contributed by atoms with van der Waals surface area (Å²) < 4.78 is 5.54. The Morgan fingerprint density at radius 1 is 1.03 bits per heavy atom. The van der Waals surface area contributed by atoms with Crippen LogP contribution in [-0.2, 0) is 16.1 Å². The Morgan fingerprint density at radius 3 is 2.55 bits per heavy atom. The van der Waals surface area contributed by atoms with Crippen LogP contribution in [0.3, 0.4) is 0 Å². The molecular formula is C32H32N4O2. The minimum absolute atomic E-state index is 0.00235. The number of ether oxygens (including phenoxy) is 1. The van der Waals surface area contributed by atoms with Crippen LogP contribution in [0.1, 0.15) is 40.8 Å². The molecule has 0 saturated carbocycles. The number of nitrogens with zero attached hydrogens (tertiary/aromatic N) is 2. The highest BCUT2D eigenvalue weighted by Gasteiger charge is 2.38. The molecule has 1 unspecified atom stereocenters. The number of aromatic nitrogens is 2. The summed E-state index contributed by atoms with van der Waals surface area (Å²) in [6.07, 6.45) is 6.13. The summed E-state index contributed by atoms with van der Waals surface area (Å²) in [6, 6.07) is 25.0. The van der Waals surface area contributed by atoms with Crippen molar-refractivity contribution in [2.75, 3.05) is 26.7 Å². The number of carbonyl (C=O) groups is 1. The highest BCUT2D eigenvalue weighted by molar-refractivity contribution is 6.02. The van der Waals surface area contributed by atoms with Gasteiger partial charge in [0.1, 0.15) is 0 Å². The zero-order valence-electron chi connectivity index (χ0n) is 21.8. The van der Waals surface area contributed by atoms with Gasteiger partial charge in [0.15, 0.2) is 0 Å². The van der Waals surface area contributed by atoms with Crippen LogP contribution >= 0.6 is 0 Å². The lowest BCUT2D eigenvalue weighted by atomic mass is 9.92. The fourth-order valence-electron chi connectivity index (χ4n) is 5.48. The monoisotopic (exact) mass is 504 g/mol. The summed E-state index contributed by atoms with van der Waals surface area (Å²) in [6.45, 7) is 5.67. The van der Waals surface area contributed by atoms with Gasteiger partial charge in [-0.15, -0.1) is 0 Å². The molecule has 1 atom stereocenters. The Kier molecular flexibility index (Phi) is 6.44. The second-order valence-electron chi connectivity index (χ2n) is 10.6. The van der Waals surface area contributed by atoms with Gasteiger partial charge in [-0.1, -0.05) is 66.7 Å². The first-order chi connectivity index (χ1) is 18.5. The maximum atomic E-state index is 12.6. The Hall–Kier alpha value is -4.00. The Bertz CT molecular complexity index is 1510. The molecule has 2 fully saturated rings. The molecule has 6 heteroatoms. The SMILES string of the molecule is COC1(C)CN(Cc2ccc(/C=C/c3n[nH]c4cc(C=C5C(=O)NCC5c5ccccc5)ccc34)cc2)C1. The lowest BCUT2D eigenvalue weighted by molar-refractivity contribution is -0.116. The molecule has 2 aliphatic rings. The number of rotatable bonds is 7. The topological polar surface area (TPSA) is 70.2 Å². The van der Waals surface area contributed by atoms with Crippen LogP contribution in [0.5, 0.6) is 0 Å². The van der Waals surface area contributed by atoms with Crippen molar-refractivity contribution in [3.63, 3.8) is 0 Å². The molecule has 3 heterocycles. The summed E-state index contributed by atoms with van der Waals surface area (Å²) in [7, 11) is 1.79. The number of carbonyl (C=O) groups excluding carboxylic acids is 1. The van der Waals surface area contributed by atoms with Crippen LogP contribution in [0.15, 0.2) is 78.4 Å². The lowest BCUT2D eigenvalue weighted by Crippen LogP contribution is -2.60. The first kappa shape index (κ1) is 24.3. The molecule has 3 aromatic carbocycles. The third kappa shape index (κ3) is 4.93. The average Bonchev–Trinajstić information content (AvgIpc) is 3.50. The van der Waals surface area contributed by atoms with Crippen molar-refractivity contribution >= 4 is 35.0 Å². The molecule has 0 radical (unpaired) electrons. The number of fused-ring (bicyclic) bond motifs is 1. The largest absolute Gasteiger partial charge is 0.376 e. The van der Waals surface area contributed by atoms with Crippen LogP contribution in [0.2, 0.25) is 0 Å². The number of benzene rings is 3. The normalized spacial score (nSPS) is 20.3. The fraction of sp³-hybridized carbons (Fsp3) is 0.250. The van der Waals surface area contributed by atoms with Gasteiger partial charge in [0.25, 0.3) is 0 Å². The van der Waals surface area contributed by atoms with E-state index in [1.165, 1.54) is 5.56 Å². The first-order valence-corrected chi connectivity index (χ1v) is 13.1. The molecule has 2 saturated heterocycles. The second kappa shape index (κ2) is 10.0. The lowest BCUT2D eigenvalue weighted by Gasteiger charge is -2.47. The van der Waals surface area contributed by atoms with Crippen molar-refractivity contribution in [2.45, 2.75) is 25.0 Å². The van der Waals surface area contributed by atoms with E-state index in [0.717, 1.165) is 58.5 Å². The summed E-state index contributed by atoms with van der Waals surface area (Å²) in [4.78, 5) is 15.0. The van der Waals surface area contributed by atoms with Crippen LogP contribution in [0, 0.1) is 0 Å². The maximum Gasteiger partial charge on any atom is 0.247 e. The molecule has 1 aromatic heterocycles. The maximum absolute atomic E-state index is 12.6. The average molecular weight is 505 g/mol. The van der Waals surface area contributed by atoms with Gasteiger partial charge in [-0.2, -0.15) is 5.10 Å². The van der Waals surface area contributed by atoms with E-state index in [4.69, 9.17) is 4.74 Å². The Morgan fingerprint density at radius 2 is 1.79 bits per heavy atom. The molecule has 1 amide bonds. The van der Waals surface area contributed by atoms with E-state index in [-0.39, 0.29) is 17.4 Å². The van der Waals surface area contributed by atoms with Gasteiger partial charge in [-0.3, -0.25) is 14.8 Å². The minimum atomic E-state index is -0.00322. The van der Waals surface area contributed by atoms with Crippen molar-refractivity contribution in [1.29, 1.82) is 0 Å². The van der Waals surface area contributed by atoms with Crippen LogP contribution in [0.4, 0.5) is 0 Å². The Labute approximate surface area is 223 Å². The number of likely N-dealkylation sites (tertiary alicyclic amines) is 1. The van der Waals surface area contributed by atoms with Gasteiger partial charge < -0.3 is 10.1 Å². The fourth-order valence-corrected chi connectivity index (χ4v) is 5.48. The minimum Gasteiger partial charge on any atom is -0.376 e. The van der Waals surface area contributed by atoms with Crippen molar-refractivity contribution in [3.05, 3.63) is 106 Å². The standard InChI is InChI=1S/C32H32N4O2/c1-32(38-2)20-36(21-32)19-23-10-8-22(9-11-23)13-15-29-26-14-12-24(17-30(26)35-34-29)16-27-28(18-33-31(27)37)25-6-4-3-5-7-25/h3-17,28H,18-21H2,1-2H3,(H,33,37)(H,34,35)/b15-13+,27-16?.